The van der Waals surface area contributed by atoms with Crippen molar-refractivity contribution in [2.45, 2.75) is 58.8 Å². The van der Waals surface area contributed by atoms with Gasteiger partial charge < -0.3 is 20.7 Å². The molecule has 2 fully saturated rings. The number of hydrogen-bond acceptors (Lipinski definition) is 5. The number of piperidine rings is 1. The molecule has 7 nitrogen and oxygen atoms in total. The topological polar surface area (TPSA) is 87.9 Å². The molecular weight excluding hydrogens is 403 g/mol. The zero-order valence-corrected chi connectivity index (χ0v) is 19.2. The van der Waals surface area contributed by atoms with Crippen molar-refractivity contribution in [3.05, 3.63) is 0 Å². The summed E-state index contributed by atoms with van der Waals surface area (Å²) in [4.78, 5) is 28.6. The standard InChI is InChI=1S/C19H36N4O3.2ClH/c1-13(2)18(20)19(25)21-9-17(24)23-7-5-16(6-8-23)12-22-10-14(3)26-15(4)11-22;;/h13-16,18H,5-12,20H2,1-4H3,(H,21,25);2*1H/t14?,15?,18-;;/m0../s1. The Balaban J connectivity index is 0.00000364. The molecule has 2 aliphatic heterocycles. The summed E-state index contributed by atoms with van der Waals surface area (Å²) in [5.41, 5.74) is 5.80. The molecule has 3 atom stereocenters. The maximum absolute atomic E-state index is 12.3. The van der Waals surface area contributed by atoms with Crippen LogP contribution >= 0.6 is 24.8 Å². The second kappa shape index (κ2) is 12.9. The van der Waals surface area contributed by atoms with Crippen LogP contribution in [0.3, 0.4) is 0 Å². The van der Waals surface area contributed by atoms with E-state index in [1.54, 1.807) is 0 Å². The third kappa shape index (κ3) is 8.41. The minimum absolute atomic E-state index is 0. The van der Waals surface area contributed by atoms with Gasteiger partial charge in [0.2, 0.25) is 11.8 Å². The predicted molar refractivity (Wildman–Crippen MR) is 116 cm³/mol. The van der Waals surface area contributed by atoms with E-state index in [-0.39, 0.29) is 49.1 Å². The Labute approximate surface area is 181 Å². The molecule has 0 bridgehead atoms. The van der Waals surface area contributed by atoms with Crippen LogP contribution in [0.5, 0.6) is 0 Å². The number of nitrogens with two attached hydrogens (primary N) is 1. The number of amides is 2. The fraction of sp³-hybridized carbons (Fsp3) is 0.895. The van der Waals surface area contributed by atoms with E-state index < -0.39 is 6.04 Å². The van der Waals surface area contributed by atoms with E-state index in [9.17, 15) is 9.59 Å². The van der Waals surface area contributed by atoms with Crippen LogP contribution in [0.4, 0.5) is 0 Å². The number of likely N-dealkylation sites (tertiary alicyclic amines) is 1. The largest absolute Gasteiger partial charge is 0.373 e. The summed E-state index contributed by atoms with van der Waals surface area (Å²) in [7, 11) is 0. The lowest BCUT2D eigenvalue weighted by molar-refractivity contribution is -0.134. The van der Waals surface area contributed by atoms with Gasteiger partial charge in [0.05, 0.1) is 24.8 Å². The Morgan fingerprint density at radius 1 is 1.11 bits per heavy atom. The van der Waals surface area contributed by atoms with Gasteiger partial charge in [0.15, 0.2) is 0 Å². The van der Waals surface area contributed by atoms with E-state index in [0.717, 1.165) is 45.6 Å². The molecule has 2 unspecified atom stereocenters. The first-order valence-corrected chi connectivity index (χ1v) is 9.95. The lowest BCUT2D eigenvalue weighted by Gasteiger charge is -2.39. The Morgan fingerprint density at radius 2 is 1.64 bits per heavy atom. The summed E-state index contributed by atoms with van der Waals surface area (Å²) in [5.74, 6) is 0.423. The van der Waals surface area contributed by atoms with Crippen LogP contribution in [0.1, 0.15) is 40.5 Å². The summed E-state index contributed by atoms with van der Waals surface area (Å²) in [6.07, 6.45) is 2.62. The van der Waals surface area contributed by atoms with Crippen LogP contribution in [0.25, 0.3) is 0 Å². The van der Waals surface area contributed by atoms with Crippen LogP contribution < -0.4 is 11.1 Å². The van der Waals surface area contributed by atoms with Gasteiger partial charge in [-0.2, -0.15) is 0 Å². The molecule has 0 radical (unpaired) electrons. The number of carbonyl (C=O) groups is 2. The number of morpholine rings is 1. The lowest BCUT2D eigenvalue weighted by atomic mass is 9.95. The highest BCUT2D eigenvalue weighted by molar-refractivity contribution is 5.87. The molecule has 9 heteroatoms. The minimum atomic E-state index is -0.563. The van der Waals surface area contributed by atoms with Crippen LogP contribution in [0, 0.1) is 11.8 Å². The zero-order chi connectivity index (χ0) is 19.3. The minimum Gasteiger partial charge on any atom is -0.373 e. The average Bonchev–Trinajstić information content (AvgIpc) is 2.58. The third-order valence-electron chi connectivity index (χ3n) is 5.41. The Hall–Kier alpha value is -0.600. The Morgan fingerprint density at radius 3 is 2.14 bits per heavy atom. The highest BCUT2D eigenvalue weighted by Gasteiger charge is 2.28. The van der Waals surface area contributed by atoms with Crippen molar-refractivity contribution in [1.82, 2.24) is 15.1 Å². The Kier molecular flexibility index (Phi) is 12.6. The maximum atomic E-state index is 12.3. The third-order valence-corrected chi connectivity index (χ3v) is 5.41. The summed E-state index contributed by atoms with van der Waals surface area (Å²) >= 11 is 0. The number of rotatable bonds is 6. The molecule has 0 aromatic heterocycles. The van der Waals surface area contributed by atoms with Crippen LogP contribution in [0.2, 0.25) is 0 Å². The summed E-state index contributed by atoms with van der Waals surface area (Å²) in [6, 6.07) is -0.563. The molecule has 0 saturated carbocycles. The van der Waals surface area contributed by atoms with E-state index >= 15 is 0 Å². The van der Waals surface area contributed by atoms with Crippen molar-refractivity contribution in [3.63, 3.8) is 0 Å². The van der Waals surface area contributed by atoms with Crippen molar-refractivity contribution >= 4 is 36.6 Å². The van der Waals surface area contributed by atoms with Crippen LogP contribution in [-0.2, 0) is 14.3 Å². The predicted octanol–water partition coefficient (Wildman–Crippen LogP) is 1.28. The van der Waals surface area contributed by atoms with Crippen molar-refractivity contribution < 1.29 is 14.3 Å². The molecular formula is C19H38Cl2N4O3. The van der Waals surface area contributed by atoms with Crippen LogP contribution in [0.15, 0.2) is 0 Å². The molecule has 2 saturated heterocycles. The number of nitrogens with zero attached hydrogens (tertiary/aromatic N) is 2. The molecule has 0 aromatic rings. The monoisotopic (exact) mass is 440 g/mol. The normalized spacial score (nSPS) is 24.9. The SMILES string of the molecule is CC1CN(CC2CCN(C(=O)CNC(=O)[C@@H](N)C(C)C)CC2)CC(C)O1.Cl.Cl. The van der Waals surface area contributed by atoms with Crippen molar-refractivity contribution in [3.8, 4) is 0 Å². The van der Waals surface area contributed by atoms with Gasteiger partial charge >= 0.3 is 0 Å². The molecule has 2 amide bonds. The van der Waals surface area contributed by atoms with Gasteiger partial charge in [0.1, 0.15) is 0 Å². The number of hydrogen-bond donors (Lipinski definition) is 2. The first kappa shape index (κ1) is 27.4. The number of ether oxygens (including phenoxy) is 1. The highest BCUT2D eigenvalue weighted by Crippen LogP contribution is 2.21. The molecule has 2 rings (SSSR count). The molecule has 0 spiro atoms. The molecule has 2 heterocycles. The molecule has 0 aromatic carbocycles. The first-order valence-electron chi connectivity index (χ1n) is 9.95. The van der Waals surface area contributed by atoms with Gasteiger partial charge in [0, 0.05) is 32.7 Å². The molecule has 0 aliphatic carbocycles. The highest BCUT2D eigenvalue weighted by atomic mass is 35.5. The smallest absolute Gasteiger partial charge is 0.241 e. The van der Waals surface area contributed by atoms with E-state index in [4.69, 9.17) is 10.5 Å². The van der Waals surface area contributed by atoms with Gasteiger partial charge in [-0.15, -0.1) is 24.8 Å². The van der Waals surface area contributed by atoms with Gasteiger partial charge in [-0.05, 0) is 38.5 Å². The Bertz CT molecular complexity index is 478. The maximum Gasteiger partial charge on any atom is 0.241 e. The molecule has 3 N–H and O–H groups in total. The lowest BCUT2D eigenvalue weighted by Crippen LogP contribution is -2.50. The first-order chi connectivity index (χ1) is 12.3. The van der Waals surface area contributed by atoms with E-state index in [1.165, 1.54) is 0 Å². The second-order valence-electron chi connectivity index (χ2n) is 8.29. The van der Waals surface area contributed by atoms with Gasteiger partial charge in [0.25, 0.3) is 0 Å². The molecule has 166 valence electrons. The number of halogens is 2. The second-order valence-corrected chi connectivity index (χ2v) is 8.29. The summed E-state index contributed by atoms with van der Waals surface area (Å²) < 4.78 is 5.79. The number of nitrogens with one attached hydrogen (secondary N) is 1. The van der Waals surface area contributed by atoms with E-state index in [2.05, 4.69) is 24.1 Å². The van der Waals surface area contributed by atoms with Gasteiger partial charge in [-0.25, -0.2) is 0 Å². The quantitative estimate of drug-likeness (QED) is 0.649. The zero-order valence-electron chi connectivity index (χ0n) is 17.6. The van der Waals surface area contributed by atoms with E-state index in [0.29, 0.717) is 18.1 Å². The van der Waals surface area contributed by atoms with Crippen molar-refractivity contribution in [1.29, 1.82) is 0 Å². The van der Waals surface area contributed by atoms with E-state index in [1.807, 2.05) is 18.7 Å². The van der Waals surface area contributed by atoms with Crippen molar-refractivity contribution in [2.75, 3.05) is 39.3 Å². The molecule has 28 heavy (non-hydrogen) atoms. The average molecular weight is 441 g/mol. The number of carbonyl (C=O) groups excluding carboxylic acids is 2. The fourth-order valence-electron chi connectivity index (χ4n) is 3.86. The van der Waals surface area contributed by atoms with Crippen molar-refractivity contribution in [2.24, 2.45) is 17.6 Å². The van der Waals surface area contributed by atoms with Gasteiger partial charge in [-0.3, -0.25) is 14.5 Å². The fourth-order valence-corrected chi connectivity index (χ4v) is 3.86. The van der Waals surface area contributed by atoms with Gasteiger partial charge in [-0.1, -0.05) is 13.8 Å². The summed E-state index contributed by atoms with van der Waals surface area (Å²) in [6.45, 7) is 12.7. The molecule has 2 aliphatic rings. The summed E-state index contributed by atoms with van der Waals surface area (Å²) in [5, 5.41) is 2.67. The van der Waals surface area contributed by atoms with Crippen LogP contribution in [-0.4, -0.2) is 79.1 Å².